The van der Waals surface area contributed by atoms with E-state index in [1.165, 1.54) is 16.7 Å². The Kier molecular flexibility index (Phi) is 5.27. The van der Waals surface area contributed by atoms with E-state index in [1.807, 2.05) is 59.7 Å². The van der Waals surface area contributed by atoms with Crippen LogP contribution in [0.2, 0.25) is 0 Å². The number of hydrogen-bond donors (Lipinski definition) is 2. The molecule has 3 atom stereocenters. The van der Waals surface area contributed by atoms with Crippen molar-refractivity contribution in [2.24, 2.45) is 0 Å². The van der Waals surface area contributed by atoms with Gasteiger partial charge in [0.05, 0.1) is 0 Å². The zero-order valence-corrected chi connectivity index (χ0v) is 18.9. The monoisotopic (exact) mass is 418 g/mol. The van der Waals surface area contributed by atoms with Crippen LogP contribution < -0.4 is 5.32 Å². The van der Waals surface area contributed by atoms with Crippen molar-refractivity contribution in [1.82, 2.24) is 10.2 Å². The number of hydrogen-bond acceptors (Lipinski definition) is 4. The summed E-state index contributed by atoms with van der Waals surface area (Å²) in [6.45, 7) is 13.5. The van der Waals surface area contributed by atoms with Gasteiger partial charge in [0.1, 0.15) is 17.0 Å². The van der Waals surface area contributed by atoms with E-state index in [0.29, 0.717) is 5.56 Å². The average molecular weight is 419 g/mol. The van der Waals surface area contributed by atoms with Gasteiger partial charge >= 0.3 is 5.97 Å². The van der Waals surface area contributed by atoms with Gasteiger partial charge in [-0.05, 0) is 43.7 Å². The van der Waals surface area contributed by atoms with Crippen molar-refractivity contribution in [3.05, 3.63) is 34.9 Å². The van der Waals surface area contributed by atoms with E-state index in [9.17, 15) is 19.5 Å². The van der Waals surface area contributed by atoms with E-state index in [4.69, 9.17) is 0 Å². The third-order valence-electron chi connectivity index (χ3n) is 5.98. The van der Waals surface area contributed by atoms with Gasteiger partial charge in [-0.25, -0.2) is 4.79 Å². The van der Waals surface area contributed by atoms with Gasteiger partial charge in [-0.2, -0.15) is 0 Å². The summed E-state index contributed by atoms with van der Waals surface area (Å²) in [5.74, 6) is -1.31. The molecule has 0 aromatic heterocycles. The summed E-state index contributed by atoms with van der Waals surface area (Å²) in [5.41, 5.74) is 1.40. The quantitative estimate of drug-likeness (QED) is 0.714. The highest BCUT2D eigenvalue weighted by molar-refractivity contribution is 8.01. The van der Waals surface area contributed by atoms with Crippen molar-refractivity contribution >= 4 is 29.5 Å². The van der Waals surface area contributed by atoms with Crippen LogP contribution in [0.15, 0.2) is 18.2 Å². The van der Waals surface area contributed by atoms with Gasteiger partial charge in [-0.15, -0.1) is 11.8 Å². The molecule has 1 aromatic rings. The molecule has 0 bridgehead atoms. The summed E-state index contributed by atoms with van der Waals surface area (Å²) in [6, 6.07) is 4.98. The lowest BCUT2D eigenvalue weighted by Gasteiger charge is -2.51. The molecule has 6 nitrogen and oxygen atoms in total. The second-order valence-corrected chi connectivity index (χ2v) is 11.0. The van der Waals surface area contributed by atoms with Crippen molar-refractivity contribution < 1.29 is 19.5 Å². The highest BCUT2D eigenvalue weighted by Gasteiger charge is 2.70. The van der Waals surface area contributed by atoms with Crippen molar-refractivity contribution in [2.75, 3.05) is 0 Å². The van der Waals surface area contributed by atoms with E-state index in [2.05, 4.69) is 5.32 Å². The lowest BCUT2D eigenvalue weighted by molar-refractivity contribution is -0.165. The molecule has 0 aliphatic carbocycles. The van der Waals surface area contributed by atoms with E-state index in [1.54, 1.807) is 6.92 Å². The lowest BCUT2D eigenvalue weighted by atomic mass is 9.84. The Morgan fingerprint density at radius 2 is 1.62 bits per heavy atom. The largest absolute Gasteiger partial charge is 0.480 e. The third kappa shape index (κ3) is 3.23. The number of β-lactam (4-membered cyclic amide) rings is 1. The Morgan fingerprint density at radius 1 is 1.10 bits per heavy atom. The molecule has 0 radical (unpaired) electrons. The van der Waals surface area contributed by atoms with Crippen LogP contribution in [0.3, 0.4) is 0 Å². The van der Waals surface area contributed by atoms with Crippen LogP contribution in [-0.4, -0.2) is 49.5 Å². The predicted molar refractivity (Wildman–Crippen MR) is 114 cm³/mol. The molecule has 158 valence electrons. The Labute approximate surface area is 176 Å². The molecule has 0 saturated carbocycles. The van der Waals surface area contributed by atoms with Crippen LogP contribution in [0.5, 0.6) is 0 Å². The van der Waals surface area contributed by atoms with Crippen LogP contribution in [0.25, 0.3) is 0 Å². The maximum atomic E-state index is 13.4. The molecule has 0 spiro atoms. The molecule has 1 unspecified atom stereocenters. The van der Waals surface area contributed by atoms with Gasteiger partial charge in [0.25, 0.3) is 11.8 Å². The number of carboxylic acid groups (broad SMARTS) is 1. The van der Waals surface area contributed by atoms with Gasteiger partial charge in [0.15, 0.2) is 0 Å². The Balaban J connectivity index is 1.95. The van der Waals surface area contributed by atoms with E-state index >= 15 is 0 Å². The summed E-state index contributed by atoms with van der Waals surface area (Å²) in [4.78, 5) is 39.6. The first-order chi connectivity index (χ1) is 13.3. The topological polar surface area (TPSA) is 86.7 Å². The molecule has 2 aliphatic heterocycles. The van der Waals surface area contributed by atoms with Gasteiger partial charge in [-0.1, -0.05) is 45.9 Å². The molecule has 3 rings (SSSR count). The highest BCUT2D eigenvalue weighted by Crippen LogP contribution is 2.54. The van der Waals surface area contributed by atoms with Crippen molar-refractivity contribution in [2.45, 2.75) is 82.0 Å². The van der Waals surface area contributed by atoms with Crippen LogP contribution in [0.4, 0.5) is 0 Å². The number of fused-ring (bicyclic) bond motifs is 1. The molecule has 2 heterocycles. The fourth-order valence-corrected chi connectivity index (χ4v) is 6.10. The minimum Gasteiger partial charge on any atom is -0.480 e. The summed E-state index contributed by atoms with van der Waals surface area (Å²) >= 11 is 1.43. The second kappa shape index (κ2) is 7.04. The van der Waals surface area contributed by atoms with Crippen molar-refractivity contribution in [3.8, 4) is 0 Å². The van der Waals surface area contributed by atoms with E-state index in [-0.39, 0.29) is 23.7 Å². The molecule has 29 heavy (non-hydrogen) atoms. The molecule has 1 aromatic carbocycles. The SMILES string of the molecule is CC(C)c1cccc(C(C)C)c1C(=O)NC1(C)C(=O)N2[C@@H](C(=O)O)C(C)(C)S[C@@H]21. The second-order valence-electron chi connectivity index (χ2n) is 9.30. The minimum absolute atomic E-state index is 0.159. The Bertz CT molecular complexity index is 853. The Hall–Kier alpha value is -2.02. The van der Waals surface area contributed by atoms with Crippen molar-refractivity contribution in [3.63, 3.8) is 0 Å². The fraction of sp³-hybridized carbons (Fsp3) is 0.591. The first-order valence-corrected chi connectivity index (χ1v) is 10.9. The molecular formula is C22H30N2O4S. The normalized spacial score (nSPS) is 27.8. The number of benzene rings is 1. The van der Waals surface area contributed by atoms with Crippen LogP contribution in [-0.2, 0) is 9.59 Å². The molecule has 7 heteroatoms. The lowest BCUT2D eigenvalue weighted by Crippen LogP contribution is -2.78. The summed E-state index contributed by atoms with van der Waals surface area (Å²) in [6.07, 6.45) is 0. The van der Waals surface area contributed by atoms with Crippen LogP contribution in [0.1, 0.15) is 81.8 Å². The zero-order chi connectivity index (χ0) is 21.9. The number of amides is 2. The molecule has 2 saturated heterocycles. The fourth-order valence-electron chi connectivity index (χ4n) is 4.45. The van der Waals surface area contributed by atoms with Crippen LogP contribution in [0, 0.1) is 0 Å². The number of thioether (sulfide) groups is 1. The number of nitrogens with zero attached hydrogens (tertiary/aromatic N) is 1. The predicted octanol–water partition coefficient (Wildman–Crippen LogP) is 3.57. The highest BCUT2D eigenvalue weighted by atomic mass is 32.2. The van der Waals surface area contributed by atoms with E-state index in [0.717, 1.165) is 11.1 Å². The van der Waals surface area contributed by atoms with E-state index < -0.39 is 27.7 Å². The first-order valence-electron chi connectivity index (χ1n) is 10.0. The number of aliphatic carboxylic acids is 1. The number of rotatable bonds is 5. The molecule has 2 fully saturated rings. The molecule has 2 N–H and O–H groups in total. The van der Waals surface area contributed by atoms with Gasteiger partial charge in [-0.3, -0.25) is 9.59 Å². The standard InChI is InChI=1S/C22H30N2O4S/c1-11(2)13-9-8-10-14(12(3)4)15(13)17(25)23-22(7)19(28)24-16(18(26)27)21(5,6)29-20(22)24/h8-12,16,20H,1-7H3,(H,23,25)(H,26,27)/t16-,20+,22?/m0/s1. The number of carbonyl (C=O) groups excluding carboxylic acids is 2. The summed E-state index contributed by atoms with van der Waals surface area (Å²) in [7, 11) is 0. The minimum atomic E-state index is -1.12. The third-order valence-corrected chi connectivity index (χ3v) is 7.74. The first kappa shape index (κ1) is 21.7. The summed E-state index contributed by atoms with van der Waals surface area (Å²) in [5, 5.41) is 12.2. The number of carboxylic acids is 1. The molecule has 2 aliphatic rings. The maximum absolute atomic E-state index is 13.4. The van der Waals surface area contributed by atoms with Crippen LogP contribution >= 0.6 is 11.8 Å². The van der Waals surface area contributed by atoms with Crippen molar-refractivity contribution in [1.29, 1.82) is 0 Å². The number of nitrogens with one attached hydrogen (secondary N) is 1. The van der Waals surface area contributed by atoms with Gasteiger partial charge in [0, 0.05) is 10.3 Å². The number of carbonyl (C=O) groups is 3. The smallest absolute Gasteiger partial charge is 0.327 e. The summed E-state index contributed by atoms with van der Waals surface area (Å²) < 4.78 is -0.631. The van der Waals surface area contributed by atoms with Gasteiger partial charge in [0.2, 0.25) is 0 Å². The molecular weight excluding hydrogens is 388 g/mol. The zero-order valence-electron chi connectivity index (χ0n) is 18.1. The maximum Gasteiger partial charge on any atom is 0.327 e. The van der Waals surface area contributed by atoms with Gasteiger partial charge < -0.3 is 15.3 Å². The molecule has 2 amide bonds. The average Bonchev–Trinajstić information content (AvgIpc) is 2.90. The Morgan fingerprint density at radius 3 is 2.07 bits per heavy atom.